The van der Waals surface area contributed by atoms with E-state index in [1.807, 2.05) is 44.7 Å². The highest BCUT2D eigenvalue weighted by Gasteiger charge is 2.18. The highest BCUT2D eigenvalue weighted by atomic mass is 32.1. The minimum Gasteiger partial charge on any atom is -0.321 e. The van der Waals surface area contributed by atoms with Crippen molar-refractivity contribution in [1.29, 1.82) is 0 Å². The standard InChI is InChI=1S/C24H19FN8S/c1-33(2)12-13-9-14(11-26-10-13)16-3-4-17-21(28-16)22(32-31-17)24-29-20-15(7-8-27-23(20)30-24)18-5-6-19(25)34-18/h3-11H,12H2,1-2H3,(H,31,32)(H,27,29,30). The zero-order valence-corrected chi connectivity index (χ0v) is 19.2. The number of aromatic nitrogens is 7. The van der Waals surface area contributed by atoms with Crippen LogP contribution >= 0.6 is 11.3 Å². The first-order chi connectivity index (χ1) is 16.5. The minimum absolute atomic E-state index is 0.241. The van der Waals surface area contributed by atoms with Crippen LogP contribution in [0.15, 0.2) is 55.0 Å². The Balaban J connectivity index is 1.45. The van der Waals surface area contributed by atoms with Crippen LogP contribution in [0.4, 0.5) is 4.39 Å². The van der Waals surface area contributed by atoms with E-state index < -0.39 is 0 Å². The number of hydrogen-bond donors (Lipinski definition) is 2. The molecule has 34 heavy (non-hydrogen) atoms. The van der Waals surface area contributed by atoms with Gasteiger partial charge in [-0.25, -0.2) is 15.0 Å². The first kappa shape index (κ1) is 20.6. The Morgan fingerprint density at radius 3 is 2.76 bits per heavy atom. The number of fused-ring (bicyclic) bond motifs is 2. The van der Waals surface area contributed by atoms with Gasteiger partial charge in [0.05, 0.1) is 11.2 Å². The number of nitrogens with one attached hydrogen (secondary N) is 2. The van der Waals surface area contributed by atoms with Crippen molar-refractivity contribution in [1.82, 2.24) is 40.0 Å². The van der Waals surface area contributed by atoms with Gasteiger partial charge >= 0.3 is 0 Å². The predicted octanol–water partition coefficient (Wildman–Crippen LogP) is 4.89. The molecule has 0 radical (unpaired) electrons. The number of aromatic amines is 2. The molecule has 8 nitrogen and oxygen atoms in total. The van der Waals surface area contributed by atoms with Crippen LogP contribution in [0.3, 0.4) is 0 Å². The van der Waals surface area contributed by atoms with Gasteiger partial charge in [-0.05, 0) is 56.1 Å². The Kier molecular flexibility index (Phi) is 4.89. The van der Waals surface area contributed by atoms with Crippen molar-refractivity contribution in [3.63, 3.8) is 0 Å². The topological polar surface area (TPSA) is 99.3 Å². The third-order valence-electron chi connectivity index (χ3n) is 5.44. The molecule has 6 heterocycles. The summed E-state index contributed by atoms with van der Waals surface area (Å²) in [4.78, 5) is 24.6. The van der Waals surface area contributed by atoms with Gasteiger partial charge in [0.2, 0.25) is 0 Å². The van der Waals surface area contributed by atoms with Crippen molar-refractivity contribution in [2.24, 2.45) is 0 Å². The van der Waals surface area contributed by atoms with Crippen LogP contribution in [0.1, 0.15) is 5.56 Å². The lowest BCUT2D eigenvalue weighted by Gasteiger charge is -2.10. The lowest BCUT2D eigenvalue weighted by atomic mass is 10.1. The molecule has 2 N–H and O–H groups in total. The smallest absolute Gasteiger partial charge is 0.176 e. The average molecular weight is 471 g/mol. The van der Waals surface area contributed by atoms with Crippen molar-refractivity contribution in [2.45, 2.75) is 6.54 Å². The Hall–Kier alpha value is -4.02. The van der Waals surface area contributed by atoms with Crippen LogP contribution in [0.2, 0.25) is 0 Å². The Morgan fingerprint density at radius 2 is 1.94 bits per heavy atom. The van der Waals surface area contributed by atoms with Crippen LogP contribution < -0.4 is 0 Å². The molecule has 0 saturated heterocycles. The number of hydrogen-bond acceptors (Lipinski definition) is 7. The van der Waals surface area contributed by atoms with E-state index in [4.69, 9.17) is 9.97 Å². The SMILES string of the molecule is CN(C)Cc1cncc(-c2ccc3[nH]nc(-c4nc5c(-c6ccc(F)s6)ccnc5[nH]4)c3n2)c1. The number of nitrogens with zero attached hydrogens (tertiary/aromatic N) is 6. The zero-order valence-electron chi connectivity index (χ0n) is 18.4. The zero-order chi connectivity index (χ0) is 23.2. The van der Waals surface area contributed by atoms with Crippen LogP contribution in [0.25, 0.3) is 55.4 Å². The van der Waals surface area contributed by atoms with Crippen molar-refractivity contribution >= 4 is 33.5 Å². The maximum Gasteiger partial charge on any atom is 0.176 e. The fraction of sp³-hybridized carbons (Fsp3) is 0.125. The van der Waals surface area contributed by atoms with Crippen LogP contribution in [0, 0.1) is 5.13 Å². The second-order valence-corrected chi connectivity index (χ2v) is 9.26. The molecule has 6 rings (SSSR count). The number of pyridine rings is 3. The largest absolute Gasteiger partial charge is 0.321 e. The lowest BCUT2D eigenvalue weighted by Crippen LogP contribution is -2.10. The lowest BCUT2D eigenvalue weighted by molar-refractivity contribution is 0.402. The van der Waals surface area contributed by atoms with Gasteiger partial charge < -0.3 is 9.88 Å². The van der Waals surface area contributed by atoms with E-state index >= 15 is 0 Å². The van der Waals surface area contributed by atoms with E-state index in [-0.39, 0.29) is 5.13 Å². The van der Waals surface area contributed by atoms with Gasteiger partial charge in [0.15, 0.2) is 22.3 Å². The first-order valence-electron chi connectivity index (χ1n) is 10.6. The molecule has 0 aliphatic heterocycles. The molecular weight excluding hydrogens is 451 g/mol. The van der Waals surface area contributed by atoms with E-state index in [1.54, 1.807) is 12.3 Å². The second kappa shape index (κ2) is 8.08. The van der Waals surface area contributed by atoms with Crippen LogP contribution in [-0.2, 0) is 6.54 Å². The maximum atomic E-state index is 13.6. The normalized spacial score (nSPS) is 11.8. The summed E-state index contributed by atoms with van der Waals surface area (Å²) in [5.41, 5.74) is 7.01. The summed E-state index contributed by atoms with van der Waals surface area (Å²) in [5, 5.41) is 7.26. The molecule has 0 amide bonds. The number of halogens is 1. The molecule has 0 spiro atoms. The second-order valence-electron chi connectivity index (χ2n) is 8.23. The van der Waals surface area contributed by atoms with Gasteiger partial charge in [0.25, 0.3) is 0 Å². The summed E-state index contributed by atoms with van der Waals surface area (Å²) < 4.78 is 13.6. The number of imidazole rings is 1. The molecule has 6 aromatic rings. The molecule has 0 aliphatic rings. The molecule has 168 valence electrons. The average Bonchev–Trinajstić information content (AvgIpc) is 3.55. The molecule has 0 saturated carbocycles. The molecular formula is C24H19FN8S. The molecule has 0 fully saturated rings. The summed E-state index contributed by atoms with van der Waals surface area (Å²) in [6.45, 7) is 0.794. The summed E-state index contributed by atoms with van der Waals surface area (Å²) >= 11 is 1.08. The van der Waals surface area contributed by atoms with Crippen LogP contribution in [-0.4, -0.2) is 54.1 Å². The maximum absolute atomic E-state index is 13.6. The molecule has 6 aromatic heterocycles. The summed E-state index contributed by atoms with van der Waals surface area (Å²) in [5.74, 6) is 0.544. The number of rotatable bonds is 5. The fourth-order valence-electron chi connectivity index (χ4n) is 3.98. The summed E-state index contributed by atoms with van der Waals surface area (Å²) in [7, 11) is 4.05. The predicted molar refractivity (Wildman–Crippen MR) is 131 cm³/mol. The Morgan fingerprint density at radius 1 is 1.03 bits per heavy atom. The van der Waals surface area contributed by atoms with Gasteiger partial charge in [0, 0.05) is 41.1 Å². The Bertz CT molecular complexity index is 1650. The Labute approximate surface area is 197 Å². The van der Waals surface area contributed by atoms with Crippen LogP contribution in [0.5, 0.6) is 0 Å². The number of H-pyrrole nitrogens is 2. The monoisotopic (exact) mass is 470 g/mol. The minimum atomic E-state index is -0.241. The molecule has 0 atom stereocenters. The highest BCUT2D eigenvalue weighted by Crippen LogP contribution is 2.33. The third kappa shape index (κ3) is 3.62. The van der Waals surface area contributed by atoms with E-state index in [0.717, 1.165) is 50.7 Å². The van der Waals surface area contributed by atoms with E-state index in [2.05, 4.69) is 36.1 Å². The van der Waals surface area contributed by atoms with Crippen molar-refractivity contribution < 1.29 is 4.39 Å². The van der Waals surface area contributed by atoms with Gasteiger partial charge in [-0.2, -0.15) is 9.49 Å². The molecule has 0 aromatic carbocycles. The van der Waals surface area contributed by atoms with E-state index in [0.29, 0.717) is 28.2 Å². The fourth-order valence-corrected chi connectivity index (χ4v) is 4.74. The van der Waals surface area contributed by atoms with Crippen molar-refractivity contribution in [2.75, 3.05) is 14.1 Å². The third-order valence-corrected chi connectivity index (χ3v) is 6.35. The van der Waals surface area contributed by atoms with Gasteiger partial charge in [-0.15, -0.1) is 11.3 Å². The molecule has 0 unspecified atom stereocenters. The summed E-state index contributed by atoms with van der Waals surface area (Å²) in [6, 6.07) is 11.0. The van der Waals surface area contributed by atoms with Crippen molar-refractivity contribution in [3.05, 3.63) is 65.7 Å². The van der Waals surface area contributed by atoms with Gasteiger partial charge in [-0.1, -0.05) is 0 Å². The van der Waals surface area contributed by atoms with Gasteiger partial charge in [-0.3, -0.25) is 10.1 Å². The van der Waals surface area contributed by atoms with E-state index in [9.17, 15) is 4.39 Å². The molecule has 0 bridgehead atoms. The summed E-state index contributed by atoms with van der Waals surface area (Å²) in [6.07, 6.45) is 5.36. The quantitative estimate of drug-likeness (QED) is 0.372. The first-order valence-corrected chi connectivity index (χ1v) is 11.4. The van der Waals surface area contributed by atoms with Gasteiger partial charge in [0.1, 0.15) is 11.0 Å². The van der Waals surface area contributed by atoms with Crippen molar-refractivity contribution in [3.8, 4) is 33.2 Å². The highest BCUT2D eigenvalue weighted by molar-refractivity contribution is 7.14. The van der Waals surface area contributed by atoms with E-state index in [1.165, 1.54) is 6.07 Å². The number of thiophene rings is 1. The molecule has 10 heteroatoms. The molecule has 0 aliphatic carbocycles.